The van der Waals surface area contributed by atoms with Crippen LogP contribution < -0.4 is 10.7 Å². The second-order valence-electron chi connectivity index (χ2n) is 3.64. The first-order valence-corrected chi connectivity index (χ1v) is 4.80. The Morgan fingerprint density at radius 2 is 1.62 bits per heavy atom. The summed E-state index contributed by atoms with van der Waals surface area (Å²) in [7, 11) is 3.81. The first-order chi connectivity index (χ1) is 7.43. The van der Waals surface area contributed by atoms with Crippen molar-refractivity contribution in [2.45, 2.75) is 6.92 Å². The Morgan fingerprint density at radius 3 is 2.00 bits per heavy atom. The van der Waals surface area contributed by atoms with E-state index in [0.29, 0.717) is 10.6 Å². The van der Waals surface area contributed by atoms with Crippen molar-refractivity contribution in [3.63, 3.8) is 0 Å². The highest BCUT2D eigenvalue weighted by atomic mass is 16.2. The minimum absolute atomic E-state index is 0.392. The number of hydrogen-bond donors (Lipinski definition) is 1. The van der Waals surface area contributed by atoms with Gasteiger partial charge >= 0.3 is 0 Å². The number of rotatable bonds is 2. The summed E-state index contributed by atoms with van der Waals surface area (Å²) >= 11 is 0. The average molecular weight is 221 g/mol. The molecule has 0 bridgehead atoms. The lowest BCUT2D eigenvalue weighted by molar-refractivity contribution is -0.126. The number of nitrogens with zero attached hydrogens (tertiary/aromatic N) is 2. The van der Waals surface area contributed by atoms with E-state index in [1.807, 2.05) is 19.0 Å². The zero-order valence-electron chi connectivity index (χ0n) is 9.60. The second kappa shape index (κ2) is 4.76. The second-order valence-corrected chi connectivity index (χ2v) is 3.64. The molecule has 0 fully saturated rings. The highest BCUT2D eigenvalue weighted by Gasteiger charge is 2.15. The molecule has 0 unspecified atom stereocenters. The molecule has 0 aromatic heterocycles. The Kier molecular flexibility index (Phi) is 3.63. The lowest BCUT2D eigenvalue weighted by atomic mass is 10.2. The molecule has 0 aliphatic heterocycles. The van der Waals surface area contributed by atoms with Crippen LogP contribution in [0.25, 0.3) is 0 Å². The summed E-state index contributed by atoms with van der Waals surface area (Å²) in [6.07, 6.45) is 0. The Hall–Kier alpha value is -1.88. The summed E-state index contributed by atoms with van der Waals surface area (Å²) in [6.45, 7) is 1.24. The number of amides is 2. The number of carbonyl (C=O) groups excluding carboxylic acids is 2. The Bertz CT molecular complexity index is 398. The van der Waals surface area contributed by atoms with Crippen LogP contribution in [-0.4, -0.2) is 30.9 Å². The maximum absolute atomic E-state index is 11.6. The molecule has 0 saturated heterocycles. The lowest BCUT2D eigenvalue weighted by Gasteiger charge is -2.14. The van der Waals surface area contributed by atoms with Crippen molar-refractivity contribution < 1.29 is 9.59 Å². The summed E-state index contributed by atoms with van der Waals surface area (Å²) in [5.74, 6) is 4.33. The van der Waals surface area contributed by atoms with E-state index in [0.717, 1.165) is 5.69 Å². The summed E-state index contributed by atoms with van der Waals surface area (Å²) in [4.78, 5) is 24.5. The van der Waals surface area contributed by atoms with Crippen LogP contribution in [0.15, 0.2) is 24.3 Å². The van der Waals surface area contributed by atoms with Gasteiger partial charge in [0.15, 0.2) is 0 Å². The van der Waals surface area contributed by atoms with Gasteiger partial charge in [0.25, 0.3) is 5.91 Å². The number of carbonyl (C=O) groups is 2. The summed E-state index contributed by atoms with van der Waals surface area (Å²) in [6, 6.07) is 6.86. The van der Waals surface area contributed by atoms with E-state index in [-0.39, 0.29) is 0 Å². The van der Waals surface area contributed by atoms with Gasteiger partial charge in [-0.05, 0) is 24.3 Å². The van der Waals surface area contributed by atoms with Crippen molar-refractivity contribution in [1.29, 1.82) is 0 Å². The van der Waals surface area contributed by atoms with E-state index >= 15 is 0 Å². The standard InChI is InChI=1S/C11H15N3O2/c1-8(15)14(12)11(16)9-4-6-10(7-5-9)13(2)3/h4-7H,12H2,1-3H3. The molecule has 2 amide bonds. The highest BCUT2D eigenvalue weighted by molar-refractivity contribution is 6.03. The normalized spacial score (nSPS) is 9.75. The zero-order chi connectivity index (χ0) is 12.3. The third-order valence-electron chi connectivity index (χ3n) is 2.19. The van der Waals surface area contributed by atoms with Gasteiger partial charge in [0, 0.05) is 32.3 Å². The first-order valence-electron chi connectivity index (χ1n) is 4.80. The van der Waals surface area contributed by atoms with Gasteiger partial charge in [0.1, 0.15) is 0 Å². The van der Waals surface area contributed by atoms with Crippen molar-refractivity contribution in [2.24, 2.45) is 5.84 Å². The van der Waals surface area contributed by atoms with Crippen LogP contribution in [0, 0.1) is 0 Å². The summed E-state index contributed by atoms with van der Waals surface area (Å²) in [5.41, 5.74) is 1.37. The monoisotopic (exact) mass is 221 g/mol. The Morgan fingerprint density at radius 1 is 1.12 bits per heavy atom. The molecule has 0 atom stereocenters. The maximum atomic E-state index is 11.6. The van der Waals surface area contributed by atoms with Crippen LogP contribution in [0.5, 0.6) is 0 Å². The van der Waals surface area contributed by atoms with Gasteiger partial charge < -0.3 is 4.90 Å². The third-order valence-corrected chi connectivity index (χ3v) is 2.19. The molecular formula is C11H15N3O2. The molecule has 0 aliphatic carbocycles. The van der Waals surface area contributed by atoms with Crippen molar-refractivity contribution in [1.82, 2.24) is 5.01 Å². The smallest absolute Gasteiger partial charge is 0.274 e. The molecule has 86 valence electrons. The minimum atomic E-state index is -0.502. The van der Waals surface area contributed by atoms with Crippen LogP contribution in [-0.2, 0) is 4.79 Å². The van der Waals surface area contributed by atoms with Crippen molar-refractivity contribution in [2.75, 3.05) is 19.0 Å². The van der Waals surface area contributed by atoms with E-state index < -0.39 is 11.8 Å². The van der Waals surface area contributed by atoms with Crippen LogP contribution >= 0.6 is 0 Å². The van der Waals surface area contributed by atoms with Crippen LogP contribution in [0.3, 0.4) is 0 Å². The molecule has 0 heterocycles. The Balaban J connectivity index is 2.90. The molecule has 1 aromatic rings. The molecule has 16 heavy (non-hydrogen) atoms. The van der Waals surface area contributed by atoms with Gasteiger partial charge in [-0.25, -0.2) is 10.9 Å². The third kappa shape index (κ3) is 2.58. The van der Waals surface area contributed by atoms with Gasteiger partial charge in [-0.3, -0.25) is 9.59 Å². The average Bonchev–Trinajstić information content (AvgIpc) is 2.27. The highest BCUT2D eigenvalue weighted by Crippen LogP contribution is 2.13. The SMILES string of the molecule is CC(=O)N(N)C(=O)c1ccc(N(C)C)cc1. The van der Waals surface area contributed by atoms with Crippen LogP contribution in [0.4, 0.5) is 5.69 Å². The Labute approximate surface area is 94.4 Å². The molecule has 5 heteroatoms. The number of benzene rings is 1. The topological polar surface area (TPSA) is 66.6 Å². The molecule has 2 N–H and O–H groups in total. The van der Waals surface area contributed by atoms with Crippen LogP contribution in [0.2, 0.25) is 0 Å². The van der Waals surface area contributed by atoms with Gasteiger partial charge in [-0.2, -0.15) is 0 Å². The molecule has 0 aliphatic rings. The van der Waals surface area contributed by atoms with Gasteiger partial charge in [0.2, 0.25) is 5.91 Å². The molecule has 0 saturated carbocycles. The van der Waals surface area contributed by atoms with E-state index in [9.17, 15) is 9.59 Å². The molecule has 1 aromatic carbocycles. The minimum Gasteiger partial charge on any atom is -0.378 e. The van der Waals surface area contributed by atoms with E-state index in [1.54, 1.807) is 24.3 Å². The number of anilines is 1. The predicted molar refractivity (Wildman–Crippen MR) is 61.8 cm³/mol. The predicted octanol–water partition coefficient (Wildman–Crippen LogP) is 0.615. The summed E-state index contributed by atoms with van der Waals surface area (Å²) < 4.78 is 0. The van der Waals surface area contributed by atoms with E-state index in [2.05, 4.69) is 0 Å². The first kappa shape index (κ1) is 12.2. The fourth-order valence-electron chi connectivity index (χ4n) is 1.18. The van der Waals surface area contributed by atoms with Gasteiger partial charge in [0.05, 0.1) is 0 Å². The number of imide groups is 1. The lowest BCUT2D eigenvalue weighted by Crippen LogP contribution is -2.41. The molecule has 5 nitrogen and oxygen atoms in total. The van der Waals surface area contributed by atoms with E-state index in [1.165, 1.54) is 6.92 Å². The molecule has 1 rings (SSSR count). The van der Waals surface area contributed by atoms with Crippen molar-refractivity contribution in [3.8, 4) is 0 Å². The number of nitrogens with two attached hydrogens (primary N) is 1. The van der Waals surface area contributed by atoms with Crippen molar-refractivity contribution in [3.05, 3.63) is 29.8 Å². The van der Waals surface area contributed by atoms with Gasteiger partial charge in [-0.15, -0.1) is 0 Å². The zero-order valence-corrected chi connectivity index (χ0v) is 9.60. The van der Waals surface area contributed by atoms with Crippen LogP contribution in [0.1, 0.15) is 17.3 Å². The largest absolute Gasteiger partial charge is 0.378 e. The molecular weight excluding hydrogens is 206 g/mol. The van der Waals surface area contributed by atoms with Crippen molar-refractivity contribution >= 4 is 17.5 Å². The summed E-state index contributed by atoms with van der Waals surface area (Å²) in [5, 5.41) is 0.602. The fraction of sp³-hybridized carbons (Fsp3) is 0.273. The maximum Gasteiger partial charge on any atom is 0.274 e. The van der Waals surface area contributed by atoms with E-state index in [4.69, 9.17) is 5.84 Å². The number of hydrazine groups is 1. The quantitative estimate of drug-likeness (QED) is 0.451. The number of hydrogen-bond acceptors (Lipinski definition) is 4. The fourth-order valence-corrected chi connectivity index (χ4v) is 1.18. The molecule has 0 spiro atoms. The molecule has 0 radical (unpaired) electrons. The van der Waals surface area contributed by atoms with Gasteiger partial charge in [-0.1, -0.05) is 0 Å².